The number of esters is 1. The number of hydrogen-bond acceptors (Lipinski definition) is 8. The summed E-state index contributed by atoms with van der Waals surface area (Å²) in [7, 11) is 1.54. The highest BCUT2D eigenvalue weighted by Gasteiger charge is 2.24. The molecule has 0 radical (unpaired) electrons. The maximum atomic E-state index is 12.4. The van der Waals surface area contributed by atoms with Gasteiger partial charge in [0.25, 0.3) is 11.4 Å². The summed E-state index contributed by atoms with van der Waals surface area (Å²) in [6.45, 7) is 5.22. The minimum Gasteiger partial charge on any atom is -0.452 e. The fourth-order valence-corrected chi connectivity index (χ4v) is 2.19. The van der Waals surface area contributed by atoms with Crippen molar-refractivity contribution in [2.45, 2.75) is 33.3 Å². The molecule has 0 aliphatic carbocycles. The highest BCUT2D eigenvalue weighted by molar-refractivity contribution is 6.03. The van der Waals surface area contributed by atoms with Gasteiger partial charge in [0.2, 0.25) is 5.71 Å². The van der Waals surface area contributed by atoms with Crippen LogP contribution in [0.4, 0.5) is 0 Å². The maximum Gasteiger partial charge on any atom is 0.343 e. The van der Waals surface area contributed by atoms with E-state index in [0.717, 1.165) is 0 Å². The van der Waals surface area contributed by atoms with Crippen molar-refractivity contribution in [1.82, 2.24) is 19.7 Å². The number of carbonyl (C=O) groups is 1. The summed E-state index contributed by atoms with van der Waals surface area (Å²) in [5.74, 6) is 0.375. The van der Waals surface area contributed by atoms with Crippen molar-refractivity contribution in [1.29, 1.82) is 0 Å². The van der Waals surface area contributed by atoms with Crippen molar-refractivity contribution >= 4 is 17.1 Å². The maximum absolute atomic E-state index is 12.4. The van der Waals surface area contributed by atoms with Gasteiger partial charge in [-0.2, -0.15) is 4.98 Å². The third-order valence-electron chi connectivity index (χ3n) is 3.48. The third kappa shape index (κ3) is 2.68. The van der Waals surface area contributed by atoms with Gasteiger partial charge < -0.3 is 18.2 Å². The van der Waals surface area contributed by atoms with Crippen molar-refractivity contribution in [2.24, 2.45) is 7.05 Å². The third-order valence-corrected chi connectivity index (χ3v) is 3.48. The second-order valence-corrected chi connectivity index (χ2v) is 5.65. The Balaban J connectivity index is 1.87. The Morgan fingerprint density at radius 1 is 1.42 bits per heavy atom. The summed E-state index contributed by atoms with van der Waals surface area (Å²) in [6, 6.07) is 0. The molecule has 3 rings (SSSR count). The number of carbonyl (C=O) groups excluding carboxylic acids is 1. The average Bonchev–Trinajstić information content (AvgIpc) is 3.13. The fourth-order valence-electron chi connectivity index (χ4n) is 2.19. The summed E-state index contributed by atoms with van der Waals surface area (Å²) in [6.07, 6.45) is 1.33. The van der Waals surface area contributed by atoms with Crippen LogP contribution in [0.2, 0.25) is 0 Å². The van der Waals surface area contributed by atoms with E-state index in [0.29, 0.717) is 5.82 Å². The van der Waals surface area contributed by atoms with Crippen molar-refractivity contribution in [3.8, 4) is 0 Å². The zero-order valence-electron chi connectivity index (χ0n) is 13.7. The smallest absolute Gasteiger partial charge is 0.343 e. The van der Waals surface area contributed by atoms with Crippen molar-refractivity contribution in [3.05, 3.63) is 39.7 Å². The first-order chi connectivity index (χ1) is 11.4. The van der Waals surface area contributed by atoms with E-state index in [1.165, 1.54) is 17.9 Å². The lowest BCUT2D eigenvalue weighted by atomic mass is 10.2. The molecule has 3 aromatic rings. The molecule has 126 valence electrons. The van der Waals surface area contributed by atoms with Gasteiger partial charge in [-0.15, -0.1) is 0 Å². The second kappa shape index (κ2) is 5.91. The lowest BCUT2D eigenvalue weighted by molar-refractivity contribution is 0.0429. The summed E-state index contributed by atoms with van der Waals surface area (Å²) in [5, 5.41) is 3.88. The quantitative estimate of drug-likeness (QED) is 0.663. The normalized spacial score (nSPS) is 11.4. The van der Waals surface area contributed by atoms with Crippen LogP contribution in [0.25, 0.3) is 11.1 Å². The Labute approximate surface area is 136 Å². The van der Waals surface area contributed by atoms with Crippen LogP contribution in [0.3, 0.4) is 0 Å². The topological polar surface area (TPSA) is 113 Å². The summed E-state index contributed by atoms with van der Waals surface area (Å²) in [4.78, 5) is 32.7. The number of rotatable bonds is 4. The molecular formula is C15H16N4O5. The van der Waals surface area contributed by atoms with Crippen LogP contribution in [-0.4, -0.2) is 25.7 Å². The van der Waals surface area contributed by atoms with Gasteiger partial charge in [-0.3, -0.25) is 4.79 Å². The number of aryl methyl sites for hydroxylation is 2. The first kappa shape index (κ1) is 15.9. The molecule has 0 atom stereocenters. The Morgan fingerprint density at radius 2 is 2.17 bits per heavy atom. The van der Waals surface area contributed by atoms with Gasteiger partial charge in [0.05, 0.1) is 0 Å². The van der Waals surface area contributed by atoms with Crippen LogP contribution < -0.4 is 5.56 Å². The molecule has 0 N–H and O–H groups in total. The van der Waals surface area contributed by atoms with Gasteiger partial charge in [-0.1, -0.05) is 19.0 Å². The monoisotopic (exact) mass is 332 g/mol. The van der Waals surface area contributed by atoms with E-state index < -0.39 is 5.97 Å². The molecule has 0 amide bonds. The predicted molar refractivity (Wildman–Crippen MR) is 81.5 cm³/mol. The van der Waals surface area contributed by atoms with Crippen LogP contribution in [0.1, 0.15) is 47.6 Å². The zero-order valence-corrected chi connectivity index (χ0v) is 13.7. The lowest BCUT2D eigenvalue weighted by Gasteiger charge is -2.01. The SMILES string of the molecule is Cc1oc2ncn(C)c(=O)c2c1C(=O)OCc1nc(C(C)C)no1. The fraction of sp³-hybridized carbons (Fsp3) is 0.400. The minimum atomic E-state index is -0.708. The average molecular weight is 332 g/mol. The van der Waals surface area contributed by atoms with Gasteiger partial charge in [0.15, 0.2) is 12.4 Å². The number of nitrogens with zero attached hydrogens (tertiary/aromatic N) is 4. The molecule has 3 heterocycles. The van der Waals surface area contributed by atoms with Crippen LogP contribution >= 0.6 is 0 Å². The Hall–Kier alpha value is -2.97. The molecule has 24 heavy (non-hydrogen) atoms. The molecule has 0 bridgehead atoms. The van der Waals surface area contributed by atoms with E-state index in [1.807, 2.05) is 13.8 Å². The summed E-state index contributed by atoms with van der Waals surface area (Å²) in [5.41, 5.74) is -0.228. The first-order valence-electron chi connectivity index (χ1n) is 7.32. The summed E-state index contributed by atoms with van der Waals surface area (Å²) < 4.78 is 16.8. The van der Waals surface area contributed by atoms with Crippen molar-refractivity contribution in [3.63, 3.8) is 0 Å². The highest BCUT2D eigenvalue weighted by atomic mass is 16.6. The Kier molecular flexibility index (Phi) is 3.92. The number of fused-ring (bicyclic) bond motifs is 1. The molecule has 0 saturated heterocycles. The Bertz CT molecular complexity index is 966. The van der Waals surface area contributed by atoms with Crippen LogP contribution in [-0.2, 0) is 18.4 Å². The second-order valence-electron chi connectivity index (χ2n) is 5.65. The zero-order chi connectivity index (χ0) is 17.4. The van der Waals surface area contributed by atoms with E-state index >= 15 is 0 Å². The number of furan rings is 1. The van der Waals surface area contributed by atoms with Gasteiger partial charge in [0.1, 0.15) is 23.0 Å². The van der Waals surface area contributed by atoms with Gasteiger partial charge in [-0.05, 0) is 6.92 Å². The van der Waals surface area contributed by atoms with Crippen molar-refractivity contribution in [2.75, 3.05) is 0 Å². The predicted octanol–water partition coefficient (Wildman–Crippen LogP) is 1.70. The number of ether oxygens (including phenoxy) is 1. The molecule has 0 spiro atoms. The summed E-state index contributed by atoms with van der Waals surface area (Å²) >= 11 is 0. The molecule has 0 unspecified atom stereocenters. The largest absolute Gasteiger partial charge is 0.452 e. The van der Waals surface area contributed by atoms with Gasteiger partial charge in [-0.25, -0.2) is 9.78 Å². The minimum absolute atomic E-state index is 0.0577. The first-order valence-corrected chi connectivity index (χ1v) is 7.32. The van der Waals surface area contributed by atoms with Crippen molar-refractivity contribution < 1.29 is 18.5 Å². The Morgan fingerprint density at radius 3 is 2.83 bits per heavy atom. The van der Waals surface area contributed by atoms with Gasteiger partial charge in [0, 0.05) is 13.0 Å². The number of aromatic nitrogens is 4. The molecule has 9 heteroatoms. The van der Waals surface area contributed by atoms with E-state index in [-0.39, 0.29) is 46.4 Å². The molecule has 0 fully saturated rings. The van der Waals surface area contributed by atoms with Crippen LogP contribution in [0, 0.1) is 6.92 Å². The van der Waals surface area contributed by atoms with E-state index in [9.17, 15) is 9.59 Å². The standard InChI is InChI=1S/C15H16N4O5/c1-7(2)12-17-9(24-18-12)5-22-15(21)10-8(3)23-13-11(10)14(20)19(4)6-16-13/h6-7H,5H2,1-4H3. The molecule has 9 nitrogen and oxygen atoms in total. The molecular weight excluding hydrogens is 316 g/mol. The lowest BCUT2D eigenvalue weighted by Crippen LogP contribution is -2.19. The highest BCUT2D eigenvalue weighted by Crippen LogP contribution is 2.22. The van der Waals surface area contributed by atoms with E-state index in [4.69, 9.17) is 13.7 Å². The number of hydrogen-bond donors (Lipinski definition) is 0. The van der Waals surface area contributed by atoms with E-state index in [1.54, 1.807) is 6.92 Å². The van der Waals surface area contributed by atoms with Crippen LogP contribution in [0.15, 0.2) is 20.1 Å². The molecule has 0 aliphatic rings. The molecule has 0 saturated carbocycles. The molecule has 0 aliphatic heterocycles. The van der Waals surface area contributed by atoms with E-state index in [2.05, 4.69) is 15.1 Å². The molecule has 0 aromatic carbocycles. The van der Waals surface area contributed by atoms with Crippen LogP contribution in [0.5, 0.6) is 0 Å². The van der Waals surface area contributed by atoms with Gasteiger partial charge >= 0.3 is 5.97 Å². The molecule has 3 aromatic heterocycles.